The highest BCUT2D eigenvalue weighted by Gasteiger charge is 2.18. The van der Waals surface area contributed by atoms with Crippen molar-refractivity contribution in [3.63, 3.8) is 0 Å². The Labute approximate surface area is 138 Å². The lowest BCUT2D eigenvalue weighted by atomic mass is 10.2. The Balaban J connectivity index is 1.57. The van der Waals surface area contributed by atoms with Crippen LogP contribution in [0.15, 0.2) is 40.2 Å². The molecule has 0 spiro atoms. The van der Waals surface area contributed by atoms with E-state index in [4.69, 9.17) is 4.74 Å². The summed E-state index contributed by atoms with van der Waals surface area (Å²) in [6.45, 7) is 5.40. The first-order valence-corrected chi connectivity index (χ1v) is 8.76. The Morgan fingerprint density at radius 2 is 2.00 bits per heavy atom. The molecule has 1 fully saturated rings. The topological polar surface area (TPSA) is 15.7 Å². The summed E-state index contributed by atoms with van der Waals surface area (Å²) in [5.41, 5.74) is 1.26. The maximum atomic E-state index is 5.31. The molecule has 1 aromatic heterocycles. The lowest BCUT2D eigenvalue weighted by Gasteiger charge is -2.36. The molecule has 0 amide bonds. The van der Waals surface area contributed by atoms with Crippen molar-refractivity contribution in [2.24, 2.45) is 0 Å². The van der Waals surface area contributed by atoms with Crippen LogP contribution in [0.3, 0.4) is 0 Å². The van der Waals surface area contributed by atoms with Crippen LogP contribution in [-0.4, -0.2) is 38.2 Å². The molecule has 0 aliphatic carbocycles. The first-order chi connectivity index (χ1) is 10.2. The standard InChI is InChI=1S/C16H19BrN2OS/c1-20-15-4-2-3-14(10-15)19-7-5-18(6-8-19)11-16-9-13(17)12-21-16/h2-4,9-10,12H,5-8,11H2,1H3. The molecule has 0 bridgehead atoms. The number of anilines is 1. The highest BCUT2D eigenvalue weighted by molar-refractivity contribution is 9.10. The molecule has 2 heterocycles. The first kappa shape index (κ1) is 14.9. The van der Waals surface area contributed by atoms with Gasteiger partial charge in [-0.25, -0.2) is 0 Å². The Bertz CT molecular complexity index is 593. The summed E-state index contributed by atoms with van der Waals surface area (Å²) in [6.07, 6.45) is 0. The highest BCUT2D eigenvalue weighted by Crippen LogP contribution is 2.24. The third-order valence-electron chi connectivity index (χ3n) is 3.79. The second-order valence-corrected chi connectivity index (χ2v) is 7.11. The number of methoxy groups -OCH3 is 1. The van der Waals surface area contributed by atoms with Crippen molar-refractivity contribution in [1.82, 2.24) is 4.90 Å². The van der Waals surface area contributed by atoms with Crippen molar-refractivity contribution in [2.75, 3.05) is 38.2 Å². The number of nitrogens with zero attached hydrogens (tertiary/aromatic N) is 2. The van der Waals surface area contributed by atoms with Crippen molar-refractivity contribution >= 4 is 33.0 Å². The van der Waals surface area contributed by atoms with Gasteiger partial charge in [0.05, 0.1) is 7.11 Å². The molecule has 0 saturated carbocycles. The van der Waals surface area contributed by atoms with Crippen LogP contribution in [0.1, 0.15) is 4.88 Å². The summed E-state index contributed by atoms with van der Waals surface area (Å²) in [6, 6.07) is 10.6. The predicted molar refractivity (Wildman–Crippen MR) is 92.5 cm³/mol. The zero-order chi connectivity index (χ0) is 14.7. The summed E-state index contributed by atoms with van der Waals surface area (Å²) in [5, 5.41) is 2.15. The first-order valence-electron chi connectivity index (χ1n) is 7.09. The number of hydrogen-bond donors (Lipinski definition) is 0. The van der Waals surface area contributed by atoms with Gasteiger partial charge in [0, 0.05) is 59.2 Å². The zero-order valence-corrected chi connectivity index (χ0v) is 14.5. The van der Waals surface area contributed by atoms with Crippen molar-refractivity contribution in [1.29, 1.82) is 0 Å². The van der Waals surface area contributed by atoms with E-state index < -0.39 is 0 Å². The number of thiophene rings is 1. The molecule has 5 heteroatoms. The van der Waals surface area contributed by atoms with Crippen LogP contribution in [0.5, 0.6) is 5.75 Å². The van der Waals surface area contributed by atoms with Gasteiger partial charge in [0.1, 0.15) is 5.75 Å². The third kappa shape index (κ3) is 3.78. The Hall–Kier alpha value is -1.04. The van der Waals surface area contributed by atoms with Gasteiger partial charge in [-0.05, 0) is 34.1 Å². The quantitative estimate of drug-likeness (QED) is 0.817. The molecule has 0 radical (unpaired) electrons. The van der Waals surface area contributed by atoms with Gasteiger partial charge in [0.25, 0.3) is 0 Å². The molecule has 1 aliphatic heterocycles. The van der Waals surface area contributed by atoms with E-state index in [1.807, 2.05) is 17.4 Å². The lowest BCUT2D eigenvalue weighted by molar-refractivity contribution is 0.252. The Morgan fingerprint density at radius 1 is 1.19 bits per heavy atom. The van der Waals surface area contributed by atoms with Crippen LogP contribution in [0.4, 0.5) is 5.69 Å². The predicted octanol–water partition coefficient (Wildman–Crippen LogP) is 3.84. The summed E-state index contributed by atoms with van der Waals surface area (Å²) in [5.74, 6) is 0.929. The minimum Gasteiger partial charge on any atom is -0.497 e. The average molecular weight is 367 g/mol. The van der Waals surface area contributed by atoms with Crippen molar-refractivity contribution in [3.05, 3.63) is 45.1 Å². The molecule has 3 rings (SSSR count). The third-order valence-corrected chi connectivity index (χ3v) is 5.47. The van der Waals surface area contributed by atoms with E-state index >= 15 is 0 Å². The van der Waals surface area contributed by atoms with Gasteiger partial charge < -0.3 is 9.64 Å². The summed E-state index contributed by atoms with van der Waals surface area (Å²) < 4.78 is 6.50. The fourth-order valence-electron chi connectivity index (χ4n) is 2.63. The monoisotopic (exact) mass is 366 g/mol. The number of benzene rings is 1. The second-order valence-electron chi connectivity index (χ2n) is 5.20. The molecule has 2 aromatic rings. The SMILES string of the molecule is COc1cccc(N2CCN(Cc3cc(Br)cs3)CC2)c1. The maximum Gasteiger partial charge on any atom is 0.120 e. The molecule has 1 aliphatic rings. The summed E-state index contributed by atoms with van der Waals surface area (Å²) in [4.78, 5) is 6.38. The normalized spacial score (nSPS) is 16.2. The molecule has 0 atom stereocenters. The van der Waals surface area contributed by atoms with Gasteiger partial charge in [-0.15, -0.1) is 11.3 Å². The number of rotatable bonds is 4. The minimum absolute atomic E-state index is 0.929. The largest absolute Gasteiger partial charge is 0.497 e. The molecule has 3 nitrogen and oxygen atoms in total. The molecule has 1 aromatic carbocycles. The van der Waals surface area contributed by atoms with Crippen molar-refractivity contribution in [3.8, 4) is 5.75 Å². The van der Waals surface area contributed by atoms with E-state index in [0.29, 0.717) is 0 Å². The highest BCUT2D eigenvalue weighted by atomic mass is 79.9. The van der Waals surface area contributed by atoms with Gasteiger partial charge in [-0.2, -0.15) is 0 Å². The van der Waals surface area contributed by atoms with Crippen molar-refractivity contribution < 1.29 is 4.74 Å². The summed E-state index contributed by atoms with van der Waals surface area (Å²) >= 11 is 5.35. The van der Waals surface area contributed by atoms with Gasteiger partial charge in [-0.3, -0.25) is 4.90 Å². The van der Waals surface area contributed by atoms with Crippen LogP contribution >= 0.6 is 27.3 Å². The van der Waals surface area contributed by atoms with Crippen LogP contribution in [-0.2, 0) is 6.54 Å². The van der Waals surface area contributed by atoms with E-state index in [0.717, 1.165) is 38.5 Å². The Morgan fingerprint density at radius 3 is 2.67 bits per heavy atom. The molecule has 0 N–H and O–H groups in total. The smallest absolute Gasteiger partial charge is 0.120 e. The van der Waals surface area contributed by atoms with Gasteiger partial charge in [0.15, 0.2) is 0 Å². The van der Waals surface area contributed by atoms with E-state index in [1.54, 1.807) is 7.11 Å². The van der Waals surface area contributed by atoms with Gasteiger partial charge in [0.2, 0.25) is 0 Å². The second kappa shape index (κ2) is 6.81. The van der Waals surface area contributed by atoms with E-state index in [2.05, 4.69) is 55.4 Å². The van der Waals surface area contributed by atoms with Gasteiger partial charge in [-0.1, -0.05) is 6.07 Å². The summed E-state index contributed by atoms with van der Waals surface area (Å²) in [7, 11) is 1.72. The van der Waals surface area contributed by atoms with Crippen LogP contribution in [0.2, 0.25) is 0 Å². The fourth-order valence-corrected chi connectivity index (χ4v) is 4.12. The van der Waals surface area contributed by atoms with Crippen LogP contribution < -0.4 is 9.64 Å². The van der Waals surface area contributed by atoms with E-state index in [9.17, 15) is 0 Å². The molecular weight excluding hydrogens is 348 g/mol. The van der Waals surface area contributed by atoms with E-state index in [-0.39, 0.29) is 0 Å². The number of piperazine rings is 1. The van der Waals surface area contributed by atoms with Crippen molar-refractivity contribution in [2.45, 2.75) is 6.54 Å². The van der Waals surface area contributed by atoms with E-state index in [1.165, 1.54) is 15.0 Å². The molecule has 0 unspecified atom stereocenters. The molecule has 21 heavy (non-hydrogen) atoms. The number of halogens is 1. The number of hydrogen-bond acceptors (Lipinski definition) is 4. The Kier molecular flexibility index (Phi) is 4.83. The van der Waals surface area contributed by atoms with Crippen LogP contribution in [0, 0.1) is 0 Å². The molecule has 112 valence electrons. The zero-order valence-electron chi connectivity index (χ0n) is 12.1. The van der Waals surface area contributed by atoms with Crippen LogP contribution in [0.25, 0.3) is 0 Å². The van der Waals surface area contributed by atoms with Gasteiger partial charge >= 0.3 is 0 Å². The maximum absolute atomic E-state index is 5.31. The lowest BCUT2D eigenvalue weighted by Crippen LogP contribution is -2.45. The number of ether oxygens (including phenoxy) is 1. The minimum atomic E-state index is 0.929. The fraction of sp³-hybridized carbons (Fsp3) is 0.375. The average Bonchev–Trinajstić information content (AvgIpc) is 2.93. The molecular formula is C16H19BrN2OS. The molecule has 1 saturated heterocycles.